The molecule has 0 aliphatic heterocycles. The number of nitrogens with one attached hydrogen (secondary N) is 1. The van der Waals surface area contributed by atoms with Crippen LogP contribution in [0, 0.1) is 0 Å². The normalized spacial score (nSPS) is 8.27. The highest BCUT2D eigenvalue weighted by Crippen LogP contribution is 1.80. The molecule has 0 spiro atoms. The van der Waals surface area contributed by atoms with Gasteiger partial charge in [0.2, 0.25) is 0 Å². The third-order valence-corrected chi connectivity index (χ3v) is 1.25. The molecule has 1 nitrogen and oxygen atoms in total. The standard InChI is InChI=1S/C6H15N.C4H8/c1-3-5-6-7-4-2;1-3-4-2/h7H,3-6H2,1-2H3;3H,1,4H2,2H3. The van der Waals surface area contributed by atoms with Crippen LogP contribution in [-0.4, -0.2) is 13.1 Å². The average molecular weight is 157 g/mol. The lowest BCUT2D eigenvalue weighted by molar-refractivity contribution is 0.663. The van der Waals surface area contributed by atoms with Crippen molar-refractivity contribution in [3.63, 3.8) is 0 Å². The van der Waals surface area contributed by atoms with E-state index in [0.29, 0.717) is 0 Å². The Morgan fingerprint density at radius 1 is 1.27 bits per heavy atom. The van der Waals surface area contributed by atoms with Gasteiger partial charge < -0.3 is 5.32 Å². The molecule has 0 atom stereocenters. The highest BCUT2D eigenvalue weighted by molar-refractivity contribution is 4.60. The van der Waals surface area contributed by atoms with Crippen LogP contribution >= 0.6 is 0 Å². The molecule has 0 aromatic heterocycles. The maximum absolute atomic E-state index is 3.48. The van der Waals surface area contributed by atoms with Gasteiger partial charge in [-0.3, -0.25) is 0 Å². The Labute approximate surface area is 71.9 Å². The Balaban J connectivity index is 0. The van der Waals surface area contributed by atoms with Crippen LogP contribution in [0.3, 0.4) is 0 Å². The first kappa shape index (κ1) is 13.3. The van der Waals surface area contributed by atoms with Gasteiger partial charge in [0.05, 0.1) is 0 Å². The molecular weight excluding hydrogens is 134 g/mol. The molecule has 68 valence electrons. The van der Waals surface area contributed by atoms with E-state index in [0.717, 1.165) is 13.0 Å². The fraction of sp³-hybridized carbons (Fsp3) is 0.800. The van der Waals surface area contributed by atoms with Crippen molar-refractivity contribution in [2.45, 2.75) is 40.0 Å². The van der Waals surface area contributed by atoms with Crippen molar-refractivity contribution in [1.29, 1.82) is 0 Å². The van der Waals surface area contributed by atoms with Gasteiger partial charge in [0, 0.05) is 0 Å². The summed E-state index contributed by atoms with van der Waals surface area (Å²) in [6.07, 6.45) is 5.57. The van der Waals surface area contributed by atoms with Gasteiger partial charge in [-0.2, -0.15) is 0 Å². The molecule has 0 aliphatic rings. The average Bonchev–Trinajstić information content (AvgIpc) is 2.06. The molecule has 1 N–H and O–H groups in total. The molecule has 0 rings (SSSR count). The molecule has 0 amide bonds. The van der Waals surface area contributed by atoms with Gasteiger partial charge in [-0.25, -0.2) is 0 Å². The summed E-state index contributed by atoms with van der Waals surface area (Å²) < 4.78 is 0. The minimum atomic E-state index is 1.08. The van der Waals surface area contributed by atoms with Crippen LogP contribution in [0.5, 0.6) is 0 Å². The zero-order chi connectivity index (χ0) is 8.95. The van der Waals surface area contributed by atoms with E-state index in [1.165, 1.54) is 19.4 Å². The fourth-order valence-electron chi connectivity index (χ4n) is 0.479. The zero-order valence-electron chi connectivity index (χ0n) is 8.32. The number of unbranched alkanes of at least 4 members (excludes halogenated alkanes) is 1. The van der Waals surface area contributed by atoms with Gasteiger partial charge in [-0.1, -0.05) is 33.3 Å². The first-order chi connectivity index (χ1) is 5.33. The number of allylic oxidation sites excluding steroid dienone is 1. The molecule has 0 saturated carbocycles. The molecule has 0 fully saturated rings. The van der Waals surface area contributed by atoms with Crippen LogP contribution in [0.25, 0.3) is 0 Å². The quantitative estimate of drug-likeness (QED) is 0.478. The number of hydrogen-bond acceptors (Lipinski definition) is 1. The van der Waals surface area contributed by atoms with E-state index in [1.807, 2.05) is 6.08 Å². The summed E-state index contributed by atoms with van der Waals surface area (Å²) in [7, 11) is 0. The van der Waals surface area contributed by atoms with E-state index in [-0.39, 0.29) is 0 Å². The van der Waals surface area contributed by atoms with E-state index in [4.69, 9.17) is 0 Å². The molecule has 11 heavy (non-hydrogen) atoms. The Hall–Kier alpha value is -0.300. The predicted molar refractivity (Wildman–Crippen MR) is 53.9 cm³/mol. The third kappa shape index (κ3) is 26.0. The lowest BCUT2D eigenvalue weighted by Gasteiger charge is -1.95. The molecule has 0 bridgehead atoms. The van der Waals surface area contributed by atoms with E-state index < -0.39 is 0 Å². The van der Waals surface area contributed by atoms with Crippen molar-refractivity contribution in [1.82, 2.24) is 5.32 Å². The van der Waals surface area contributed by atoms with Crippen LogP contribution in [0.15, 0.2) is 12.7 Å². The van der Waals surface area contributed by atoms with E-state index in [9.17, 15) is 0 Å². The SMILES string of the molecule is C=CCC.CCCCNCC. The van der Waals surface area contributed by atoms with Crippen molar-refractivity contribution in [3.05, 3.63) is 12.7 Å². The highest BCUT2D eigenvalue weighted by atomic mass is 14.8. The second-order valence-corrected chi connectivity index (χ2v) is 2.40. The van der Waals surface area contributed by atoms with Gasteiger partial charge in [0.1, 0.15) is 0 Å². The second-order valence-electron chi connectivity index (χ2n) is 2.40. The van der Waals surface area contributed by atoms with Crippen LogP contribution in [0.2, 0.25) is 0 Å². The lowest BCUT2D eigenvalue weighted by atomic mass is 10.3. The number of hydrogen-bond donors (Lipinski definition) is 1. The summed E-state index contributed by atoms with van der Waals surface area (Å²) in [4.78, 5) is 0. The van der Waals surface area contributed by atoms with Crippen molar-refractivity contribution in [2.24, 2.45) is 0 Å². The highest BCUT2D eigenvalue weighted by Gasteiger charge is 1.77. The van der Waals surface area contributed by atoms with E-state index in [2.05, 4.69) is 32.7 Å². The summed E-state index contributed by atoms with van der Waals surface area (Å²) in [5.41, 5.74) is 0. The Morgan fingerprint density at radius 2 is 1.82 bits per heavy atom. The summed E-state index contributed by atoms with van der Waals surface area (Å²) in [5, 5.41) is 3.25. The van der Waals surface area contributed by atoms with Crippen LogP contribution in [-0.2, 0) is 0 Å². The third-order valence-electron chi connectivity index (χ3n) is 1.25. The molecular formula is C10H23N. The van der Waals surface area contributed by atoms with Gasteiger partial charge in [0.25, 0.3) is 0 Å². The van der Waals surface area contributed by atoms with Gasteiger partial charge in [0.15, 0.2) is 0 Å². The van der Waals surface area contributed by atoms with Gasteiger partial charge >= 0.3 is 0 Å². The Kier molecular flexibility index (Phi) is 19.8. The molecule has 0 aliphatic carbocycles. The minimum Gasteiger partial charge on any atom is -0.317 e. The molecule has 0 saturated heterocycles. The largest absolute Gasteiger partial charge is 0.317 e. The van der Waals surface area contributed by atoms with Gasteiger partial charge in [-0.05, 0) is 25.9 Å². The first-order valence-electron chi connectivity index (χ1n) is 4.64. The topological polar surface area (TPSA) is 12.0 Å². The maximum atomic E-state index is 3.48. The molecule has 0 heterocycles. The maximum Gasteiger partial charge on any atom is -0.00491 e. The monoisotopic (exact) mass is 157 g/mol. The summed E-state index contributed by atoms with van der Waals surface area (Å²) in [6.45, 7) is 12.2. The van der Waals surface area contributed by atoms with Crippen LogP contribution in [0.1, 0.15) is 40.0 Å². The lowest BCUT2D eigenvalue weighted by Crippen LogP contribution is -2.13. The van der Waals surface area contributed by atoms with E-state index >= 15 is 0 Å². The zero-order valence-corrected chi connectivity index (χ0v) is 8.32. The fourth-order valence-corrected chi connectivity index (χ4v) is 0.479. The van der Waals surface area contributed by atoms with E-state index in [1.54, 1.807) is 0 Å². The molecule has 0 unspecified atom stereocenters. The van der Waals surface area contributed by atoms with Crippen molar-refractivity contribution >= 4 is 0 Å². The summed E-state index contributed by atoms with van der Waals surface area (Å²) in [6, 6.07) is 0. The predicted octanol–water partition coefficient (Wildman–Crippen LogP) is 2.98. The first-order valence-corrected chi connectivity index (χ1v) is 4.64. The van der Waals surface area contributed by atoms with Crippen LogP contribution in [0.4, 0.5) is 0 Å². The Bertz CT molecular complexity index is 55.9. The Morgan fingerprint density at radius 3 is 2.09 bits per heavy atom. The van der Waals surface area contributed by atoms with Gasteiger partial charge in [-0.15, -0.1) is 6.58 Å². The van der Waals surface area contributed by atoms with Crippen molar-refractivity contribution in [3.8, 4) is 0 Å². The number of rotatable bonds is 5. The van der Waals surface area contributed by atoms with Crippen molar-refractivity contribution in [2.75, 3.05) is 13.1 Å². The minimum absolute atomic E-state index is 1.08. The molecule has 0 aromatic rings. The summed E-state index contributed by atoms with van der Waals surface area (Å²) >= 11 is 0. The second kappa shape index (κ2) is 16.4. The summed E-state index contributed by atoms with van der Waals surface area (Å²) in [5.74, 6) is 0. The molecule has 0 aromatic carbocycles. The van der Waals surface area contributed by atoms with Crippen LogP contribution < -0.4 is 5.32 Å². The van der Waals surface area contributed by atoms with Crippen molar-refractivity contribution < 1.29 is 0 Å². The smallest absolute Gasteiger partial charge is 0.00491 e. The molecule has 0 radical (unpaired) electrons. The molecule has 1 heteroatoms.